The van der Waals surface area contributed by atoms with Crippen molar-refractivity contribution >= 4 is 11.6 Å². The summed E-state index contributed by atoms with van der Waals surface area (Å²) in [6, 6.07) is 7.78. The van der Waals surface area contributed by atoms with Gasteiger partial charge in [-0.05, 0) is 38.8 Å². The molecule has 0 amide bonds. The number of ether oxygens (including phenoxy) is 1. The van der Waals surface area contributed by atoms with Gasteiger partial charge in [-0.1, -0.05) is 31.5 Å². The van der Waals surface area contributed by atoms with Gasteiger partial charge in [0.15, 0.2) is 0 Å². The lowest BCUT2D eigenvalue weighted by atomic mass is 10.1. The van der Waals surface area contributed by atoms with Crippen LogP contribution < -0.4 is 9.64 Å². The molecular formula is C19H24F3N3O. The first kappa shape index (κ1) is 20.0. The fourth-order valence-corrected chi connectivity index (χ4v) is 2.67. The molecule has 0 N–H and O–H groups in total. The molecule has 26 heavy (non-hydrogen) atoms. The number of nitrogens with zero attached hydrogens (tertiary/aromatic N) is 3. The Balaban J connectivity index is 2.52. The zero-order valence-corrected chi connectivity index (χ0v) is 15.5. The summed E-state index contributed by atoms with van der Waals surface area (Å²) >= 11 is 0. The highest BCUT2D eigenvalue weighted by Gasteiger charge is 2.37. The molecule has 142 valence electrons. The summed E-state index contributed by atoms with van der Waals surface area (Å²) in [5.74, 6) is -0.247. The Morgan fingerprint density at radius 3 is 2.42 bits per heavy atom. The van der Waals surface area contributed by atoms with Gasteiger partial charge in [-0.2, -0.15) is 18.2 Å². The Morgan fingerprint density at radius 2 is 1.85 bits per heavy atom. The number of benzene rings is 1. The molecule has 0 saturated carbocycles. The minimum absolute atomic E-state index is 0.194. The molecule has 1 aromatic heterocycles. The predicted octanol–water partition coefficient (Wildman–Crippen LogP) is 5.39. The summed E-state index contributed by atoms with van der Waals surface area (Å²) in [4.78, 5) is 9.88. The van der Waals surface area contributed by atoms with E-state index in [0.717, 1.165) is 30.3 Å². The minimum Gasteiger partial charge on any atom is -0.474 e. The van der Waals surface area contributed by atoms with Crippen molar-refractivity contribution in [1.82, 2.24) is 9.97 Å². The third-order valence-electron chi connectivity index (χ3n) is 3.75. The SMILES string of the molecule is CCCc1ccccc1N(CC)c1ncc(C(F)(F)F)c(OC(C)C)n1. The van der Waals surface area contributed by atoms with Gasteiger partial charge in [-0.15, -0.1) is 0 Å². The lowest BCUT2D eigenvalue weighted by Gasteiger charge is -2.25. The third-order valence-corrected chi connectivity index (χ3v) is 3.75. The molecule has 0 unspecified atom stereocenters. The highest BCUT2D eigenvalue weighted by atomic mass is 19.4. The van der Waals surface area contributed by atoms with Gasteiger partial charge in [0.05, 0.1) is 6.10 Å². The second kappa shape index (κ2) is 8.38. The van der Waals surface area contributed by atoms with Crippen molar-refractivity contribution in [3.8, 4) is 5.88 Å². The standard InChI is InChI=1S/C19H24F3N3O/c1-5-9-14-10-7-8-11-16(14)25(6-2)18-23-12-15(19(20,21)22)17(24-18)26-13(3)4/h7-8,10-13H,5-6,9H2,1-4H3. The zero-order valence-electron chi connectivity index (χ0n) is 15.5. The van der Waals surface area contributed by atoms with Gasteiger partial charge in [0, 0.05) is 18.4 Å². The van der Waals surface area contributed by atoms with E-state index in [4.69, 9.17) is 4.74 Å². The van der Waals surface area contributed by atoms with E-state index in [-0.39, 0.29) is 5.95 Å². The van der Waals surface area contributed by atoms with Crippen molar-refractivity contribution in [3.05, 3.63) is 41.6 Å². The Morgan fingerprint density at radius 1 is 1.15 bits per heavy atom. The lowest BCUT2D eigenvalue weighted by molar-refractivity contribution is -0.139. The van der Waals surface area contributed by atoms with E-state index >= 15 is 0 Å². The van der Waals surface area contributed by atoms with Crippen LogP contribution >= 0.6 is 0 Å². The Kier molecular flexibility index (Phi) is 6.45. The first-order valence-electron chi connectivity index (χ1n) is 8.74. The Hall–Kier alpha value is -2.31. The van der Waals surface area contributed by atoms with E-state index in [1.165, 1.54) is 0 Å². The highest BCUT2D eigenvalue weighted by molar-refractivity contribution is 5.62. The quantitative estimate of drug-likeness (QED) is 0.657. The first-order chi connectivity index (χ1) is 12.3. The third kappa shape index (κ3) is 4.65. The molecule has 0 aliphatic heterocycles. The number of aromatic nitrogens is 2. The maximum atomic E-state index is 13.2. The molecule has 1 heterocycles. The Labute approximate surface area is 152 Å². The van der Waals surface area contributed by atoms with Crippen molar-refractivity contribution in [2.24, 2.45) is 0 Å². The normalized spacial score (nSPS) is 11.7. The molecule has 0 radical (unpaired) electrons. The summed E-state index contributed by atoms with van der Waals surface area (Å²) in [6.45, 7) is 7.84. The molecule has 2 rings (SSSR count). The van der Waals surface area contributed by atoms with Crippen molar-refractivity contribution in [2.45, 2.75) is 52.8 Å². The molecule has 4 nitrogen and oxygen atoms in total. The lowest BCUT2D eigenvalue weighted by Crippen LogP contribution is -2.22. The number of aryl methyl sites for hydroxylation is 1. The number of alkyl halides is 3. The van der Waals surface area contributed by atoms with Gasteiger partial charge in [0.25, 0.3) is 0 Å². The molecule has 0 aliphatic rings. The predicted molar refractivity (Wildman–Crippen MR) is 95.9 cm³/mol. The van der Waals surface area contributed by atoms with Crippen LogP contribution in [0.25, 0.3) is 0 Å². The van der Waals surface area contributed by atoms with Gasteiger partial charge in [-0.25, -0.2) is 4.98 Å². The van der Waals surface area contributed by atoms with E-state index in [9.17, 15) is 13.2 Å². The van der Waals surface area contributed by atoms with Crippen molar-refractivity contribution in [2.75, 3.05) is 11.4 Å². The molecule has 0 fully saturated rings. The maximum Gasteiger partial charge on any atom is 0.423 e. The largest absolute Gasteiger partial charge is 0.474 e. The molecule has 2 aromatic rings. The van der Waals surface area contributed by atoms with Crippen molar-refractivity contribution in [3.63, 3.8) is 0 Å². The average molecular weight is 367 g/mol. The van der Waals surface area contributed by atoms with Gasteiger partial charge in [0.2, 0.25) is 11.8 Å². The van der Waals surface area contributed by atoms with Crippen LogP contribution in [-0.2, 0) is 12.6 Å². The van der Waals surface area contributed by atoms with E-state index in [2.05, 4.69) is 16.9 Å². The van der Waals surface area contributed by atoms with Crippen LogP contribution in [0.1, 0.15) is 45.2 Å². The van der Waals surface area contributed by atoms with Gasteiger partial charge >= 0.3 is 6.18 Å². The summed E-state index contributed by atoms with van der Waals surface area (Å²) in [6.07, 6.45) is -2.38. The second-order valence-electron chi connectivity index (χ2n) is 6.18. The molecule has 0 saturated heterocycles. The average Bonchev–Trinajstić information content (AvgIpc) is 2.56. The molecule has 1 aromatic carbocycles. The summed E-state index contributed by atoms with van der Waals surface area (Å²) < 4.78 is 45.0. The number of para-hydroxylation sites is 1. The summed E-state index contributed by atoms with van der Waals surface area (Å²) in [5, 5.41) is 0. The van der Waals surface area contributed by atoms with Crippen LogP contribution in [0.2, 0.25) is 0 Å². The number of rotatable bonds is 7. The molecular weight excluding hydrogens is 343 g/mol. The second-order valence-corrected chi connectivity index (χ2v) is 6.18. The smallest absolute Gasteiger partial charge is 0.423 e. The number of anilines is 2. The minimum atomic E-state index is -4.57. The van der Waals surface area contributed by atoms with Gasteiger partial charge in [0.1, 0.15) is 5.56 Å². The fraction of sp³-hybridized carbons (Fsp3) is 0.474. The number of hydrogen-bond donors (Lipinski definition) is 0. The number of hydrogen-bond acceptors (Lipinski definition) is 4. The molecule has 0 aliphatic carbocycles. The van der Waals surface area contributed by atoms with E-state index in [1.54, 1.807) is 18.7 Å². The van der Waals surface area contributed by atoms with Crippen LogP contribution in [0.3, 0.4) is 0 Å². The Bertz CT molecular complexity index is 732. The van der Waals surface area contributed by atoms with Crippen LogP contribution in [-0.4, -0.2) is 22.6 Å². The molecule has 0 atom stereocenters. The van der Waals surface area contributed by atoms with E-state index < -0.39 is 23.7 Å². The summed E-state index contributed by atoms with van der Waals surface area (Å²) in [7, 11) is 0. The maximum absolute atomic E-state index is 13.2. The highest BCUT2D eigenvalue weighted by Crippen LogP contribution is 2.37. The molecule has 0 bridgehead atoms. The fourth-order valence-electron chi connectivity index (χ4n) is 2.67. The van der Waals surface area contributed by atoms with Crippen LogP contribution in [0.15, 0.2) is 30.5 Å². The number of halogens is 3. The van der Waals surface area contributed by atoms with Gasteiger partial charge in [-0.3, -0.25) is 0 Å². The molecule has 0 spiro atoms. The first-order valence-corrected chi connectivity index (χ1v) is 8.74. The molecule has 7 heteroatoms. The van der Waals surface area contributed by atoms with E-state index in [0.29, 0.717) is 6.54 Å². The van der Waals surface area contributed by atoms with Crippen molar-refractivity contribution in [1.29, 1.82) is 0 Å². The van der Waals surface area contributed by atoms with Crippen LogP contribution in [0, 0.1) is 0 Å². The monoisotopic (exact) mass is 367 g/mol. The van der Waals surface area contributed by atoms with Crippen molar-refractivity contribution < 1.29 is 17.9 Å². The topological polar surface area (TPSA) is 38.2 Å². The zero-order chi connectivity index (χ0) is 19.3. The van der Waals surface area contributed by atoms with Crippen LogP contribution in [0.4, 0.5) is 24.8 Å². The van der Waals surface area contributed by atoms with E-state index in [1.807, 2.05) is 31.2 Å². The summed E-state index contributed by atoms with van der Waals surface area (Å²) in [5.41, 5.74) is 1.03. The van der Waals surface area contributed by atoms with Crippen LogP contribution in [0.5, 0.6) is 5.88 Å². The van der Waals surface area contributed by atoms with Gasteiger partial charge < -0.3 is 9.64 Å².